The highest BCUT2D eigenvalue weighted by Crippen LogP contribution is 2.07. The quantitative estimate of drug-likeness (QED) is 0.459. The van der Waals surface area contributed by atoms with Gasteiger partial charge in [0.1, 0.15) is 6.17 Å². The Labute approximate surface area is 115 Å². The highest BCUT2D eigenvalue weighted by atomic mass is 15.3. The summed E-state index contributed by atoms with van der Waals surface area (Å²) in [5.41, 5.74) is 11.3. The van der Waals surface area contributed by atoms with Crippen molar-refractivity contribution in [2.75, 3.05) is 39.8 Å². The first-order valence-electron chi connectivity index (χ1n) is 6.85. The van der Waals surface area contributed by atoms with Crippen LogP contribution < -0.4 is 16.8 Å². The normalized spacial score (nSPS) is 21.4. The molecule has 0 aromatic rings. The van der Waals surface area contributed by atoms with Gasteiger partial charge in [-0.05, 0) is 19.9 Å². The van der Waals surface area contributed by atoms with Crippen LogP contribution in [-0.4, -0.2) is 67.7 Å². The molecule has 1 saturated heterocycles. The fraction of sp³-hybridized carbons (Fsp3) is 0.833. The van der Waals surface area contributed by atoms with Gasteiger partial charge in [-0.3, -0.25) is 15.2 Å². The van der Waals surface area contributed by atoms with E-state index in [4.69, 9.17) is 11.5 Å². The van der Waals surface area contributed by atoms with E-state index in [9.17, 15) is 0 Å². The lowest BCUT2D eigenvalue weighted by Gasteiger charge is -2.36. The van der Waals surface area contributed by atoms with Crippen LogP contribution in [0.25, 0.3) is 0 Å². The van der Waals surface area contributed by atoms with Gasteiger partial charge in [-0.15, -0.1) is 0 Å². The van der Waals surface area contributed by atoms with E-state index < -0.39 is 0 Å². The predicted molar refractivity (Wildman–Crippen MR) is 80.1 cm³/mol. The van der Waals surface area contributed by atoms with Gasteiger partial charge in [-0.1, -0.05) is 6.92 Å². The highest BCUT2D eigenvalue weighted by molar-refractivity contribution is 5.96. The second-order valence-electron chi connectivity index (χ2n) is 4.76. The van der Waals surface area contributed by atoms with E-state index in [-0.39, 0.29) is 12.1 Å². The predicted octanol–water partition coefficient (Wildman–Crippen LogP) is -0.791. The van der Waals surface area contributed by atoms with E-state index >= 15 is 0 Å². The average molecular weight is 269 g/mol. The molecule has 7 heteroatoms. The van der Waals surface area contributed by atoms with Crippen LogP contribution in [0.2, 0.25) is 0 Å². The molecule has 0 aromatic heterocycles. The van der Waals surface area contributed by atoms with Crippen LogP contribution in [0.5, 0.6) is 0 Å². The van der Waals surface area contributed by atoms with Crippen molar-refractivity contribution in [3.8, 4) is 0 Å². The average Bonchev–Trinajstić information content (AvgIpc) is 2.39. The van der Waals surface area contributed by atoms with Gasteiger partial charge in [0.25, 0.3) is 0 Å². The molecule has 5 N–H and O–H groups in total. The van der Waals surface area contributed by atoms with Crippen molar-refractivity contribution in [2.45, 2.75) is 26.4 Å². The van der Waals surface area contributed by atoms with E-state index in [1.807, 2.05) is 6.92 Å². The Morgan fingerprint density at radius 2 is 1.84 bits per heavy atom. The summed E-state index contributed by atoms with van der Waals surface area (Å²) in [7, 11) is 1.60. The van der Waals surface area contributed by atoms with Crippen LogP contribution in [0.15, 0.2) is 9.98 Å². The third-order valence-electron chi connectivity index (χ3n) is 3.30. The largest absolute Gasteiger partial charge is 0.370 e. The molecule has 0 radical (unpaired) electrons. The molecule has 0 spiro atoms. The van der Waals surface area contributed by atoms with Crippen molar-refractivity contribution in [3.63, 3.8) is 0 Å². The standard InChI is InChI=1S/C12H27N7/c1-4-5-18-6-8-19(9-7-18)10(2)16-12(14)17-11(13)15-3/h10H,4-9H2,1-3H3,(H5,13,14,15,16,17). The fourth-order valence-electron chi connectivity index (χ4n) is 2.18. The number of guanidine groups is 2. The van der Waals surface area contributed by atoms with Crippen molar-refractivity contribution < 1.29 is 0 Å². The topological polar surface area (TPSA) is 95.3 Å². The summed E-state index contributed by atoms with van der Waals surface area (Å²) in [6.07, 6.45) is 1.26. The molecule has 0 bridgehead atoms. The van der Waals surface area contributed by atoms with Gasteiger partial charge in [-0.2, -0.15) is 0 Å². The summed E-state index contributed by atoms with van der Waals surface area (Å²) in [5.74, 6) is 0.591. The molecule has 1 atom stereocenters. The van der Waals surface area contributed by atoms with Crippen molar-refractivity contribution in [2.24, 2.45) is 21.5 Å². The first kappa shape index (κ1) is 15.7. The molecular weight excluding hydrogens is 242 g/mol. The smallest absolute Gasteiger partial charge is 0.197 e. The number of rotatable bonds is 4. The van der Waals surface area contributed by atoms with Crippen LogP contribution in [0.1, 0.15) is 20.3 Å². The number of aliphatic imine (C=N–C) groups is 2. The minimum atomic E-state index is 0.0564. The molecule has 0 saturated carbocycles. The highest BCUT2D eigenvalue weighted by Gasteiger charge is 2.20. The van der Waals surface area contributed by atoms with Crippen LogP contribution in [0.4, 0.5) is 0 Å². The van der Waals surface area contributed by atoms with E-state index in [2.05, 4.69) is 32.0 Å². The van der Waals surface area contributed by atoms with Gasteiger partial charge in [0.05, 0.1) is 0 Å². The lowest BCUT2D eigenvalue weighted by molar-refractivity contribution is 0.105. The molecule has 1 aliphatic heterocycles. The zero-order valence-electron chi connectivity index (χ0n) is 12.3. The molecule has 1 fully saturated rings. The monoisotopic (exact) mass is 269 g/mol. The second-order valence-corrected chi connectivity index (χ2v) is 4.76. The van der Waals surface area contributed by atoms with E-state index in [0.717, 1.165) is 26.2 Å². The fourth-order valence-corrected chi connectivity index (χ4v) is 2.18. The van der Waals surface area contributed by atoms with Crippen molar-refractivity contribution in [1.29, 1.82) is 0 Å². The number of nitrogens with zero attached hydrogens (tertiary/aromatic N) is 4. The Bertz CT molecular complexity index is 318. The summed E-state index contributed by atoms with van der Waals surface area (Å²) in [5, 5.41) is 2.75. The van der Waals surface area contributed by atoms with Gasteiger partial charge in [-0.25, -0.2) is 4.99 Å². The minimum Gasteiger partial charge on any atom is -0.370 e. The molecular formula is C12H27N7. The Morgan fingerprint density at radius 3 is 2.37 bits per heavy atom. The summed E-state index contributed by atoms with van der Waals surface area (Å²) in [4.78, 5) is 13.0. The van der Waals surface area contributed by atoms with Gasteiger partial charge >= 0.3 is 0 Å². The van der Waals surface area contributed by atoms with Gasteiger partial charge in [0.2, 0.25) is 0 Å². The third kappa shape index (κ3) is 5.44. The number of nitrogens with two attached hydrogens (primary N) is 2. The van der Waals surface area contributed by atoms with Crippen LogP contribution in [0, 0.1) is 0 Å². The second kappa shape index (κ2) is 7.96. The van der Waals surface area contributed by atoms with Crippen molar-refractivity contribution >= 4 is 11.9 Å². The third-order valence-corrected chi connectivity index (χ3v) is 3.30. The Kier molecular flexibility index (Phi) is 6.58. The Morgan fingerprint density at radius 1 is 1.21 bits per heavy atom. The Hall–Kier alpha value is -1.34. The summed E-state index contributed by atoms with van der Waals surface area (Å²) in [6, 6.07) is 0. The molecule has 110 valence electrons. The van der Waals surface area contributed by atoms with Gasteiger partial charge in [0.15, 0.2) is 11.9 Å². The summed E-state index contributed by atoms with van der Waals surface area (Å²) >= 11 is 0. The molecule has 1 unspecified atom stereocenters. The lowest BCUT2D eigenvalue weighted by Crippen LogP contribution is -2.50. The van der Waals surface area contributed by atoms with Crippen LogP contribution in [0.3, 0.4) is 0 Å². The SMILES string of the molecule is CCCN1CCN(C(C)N=C(N)NC(N)=NC)CC1. The van der Waals surface area contributed by atoms with Crippen LogP contribution >= 0.6 is 0 Å². The first-order valence-corrected chi connectivity index (χ1v) is 6.85. The molecule has 0 aromatic carbocycles. The summed E-state index contributed by atoms with van der Waals surface area (Å²) in [6.45, 7) is 9.68. The van der Waals surface area contributed by atoms with Gasteiger partial charge in [0, 0.05) is 33.2 Å². The maximum absolute atomic E-state index is 5.77. The first-order chi connectivity index (χ1) is 9.06. The Balaban J connectivity index is 2.42. The number of piperazine rings is 1. The minimum absolute atomic E-state index is 0.0564. The molecule has 0 amide bonds. The van der Waals surface area contributed by atoms with Crippen molar-refractivity contribution in [1.82, 2.24) is 15.1 Å². The van der Waals surface area contributed by atoms with E-state index in [0.29, 0.717) is 5.96 Å². The van der Waals surface area contributed by atoms with Crippen LogP contribution in [-0.2, 0) is 0 Å². The van der Waals surface area contributed by atoms with Crippen molar-refractivity contribution in [3.05, 3.63) is 0 Å². The number of hydrogen-bond acceptors (Lipinski definition) is 4. The molecule has 19 heavy (non-hydrogen) atoms. The number of nitrogens with one attached hydrogen (secondary N) is 1. The number of hydrogen-bond donors (Lipinski definition) is 3. The molecule has 1 aliphatic rings. The van der Waals surface area contributed by atoms with E-state index in [1.54, 1.807) is 7.05 Å². The maximum Gasteiger partial charge on any atom is 0.197 e. The molecule has 1 heterocycles. The molecule has 7 nitrogen and oxygen atoms in total. The zero-order valence-corrected chi connectivity index (χ0v) is 12.3. The molecule has 1 rings (SSSR count). The van der Waals surface area contributed by atoms with Gasteiger partial charge < -0.3 is 16.4 Å². The lowest BCUT2D eigenvalue weighted by atomic mass is 10.3. The van der Waals surface area contributed by atoms with E-state index in [1.165, 1.54) is 13.0 Å². The molecule has 0 aliphatic carbocycles. The maximum atomic E-state index is 5.77. The zero-order chi connectivity index (χ0) is 14.3. The summed E-state index contributed by atoms with van der Waals surface area (Å²) < 4.78 is 0.